The van der Waals surface area contributed by atoms with Gasteiger partial charge in [0.15, 0.2) is 11.6 Å². The Morgan fingerprint density at radius 1 is 0.968 bits per heavy atom. The van der Waals surface area contributed by atoms with Crippen molar-refractivity contribution in [2.75, 3.05) is 42.8 Å². The summed E-state index contributed by atoms with van der Waals surface area (Å²) in [4.78, 5) is 2.24. The van der Waals surface area contributed by atoms with Gasteiger partial charge in [-0.2, -0.15) is 12.7 Å². The fourth-order valence-electron chi connectivity index (χ4n) is 3.50. The van der Waals surface area contributed by atoms with Crippen molar-refractivity contribution in [3.05, 3.63) is 51.4 Å². The molecule has 2 aromatic rings. The van der Waals surface area contributed by atoms with Gasteiger partial charge in [0, 0.05) is 36.3 Å². The molecule has 168 valence electrons. The van der Waals surface area contributed by atoms with E-state index in [0.29, 0.717) is 29.7 Å². The van der Waals surface area contributed by atoms with E-state index < -0.39 is 33.3 Å². The van der Waals surface area contributed by atoms with Gasteiger partial charge in [0.1, 0.15) is 11.5 Å². The maximum absolute atomic E-state index is 14.5. The quantitative estimate of drug-likeness (QED) is 0.495. The summed E-state index contributed by atoms with van der Waals surface area (Å²) in [6.07, 6.45) is 2.46. The zero-order valence-electron chi connectivity index (χ0n) is 16.5. The lowest BCUT2D eigenvalue weighted by Gasteiger charge is -2.34. The number of nitrogens with one attached hydrogen (secondary N) is 2. The molecule has 0 aromatic heterocycles. The van der Waals surface area contributed by atoms with Gasteiger partial charge in [0.25, 0.3) is 0 Å². The van der Waals surface area contributed by atoms with Crippen molar-refractivity contribution >= 4 is 49.9 Å². The van der Waals surface area contributed by atoms with Gasteiger partial charge < -0.3 is 10.2 Å². The summed E-state index contributed by atoms with van der Waals surface area (Å²) in [6, 6.07) is 6.14. The standard InChI is InChI=1S/C20H22F3IN4O2S/c21-15-4-6-18(20(19(15)23)25-17-5-3-14(24)11-16(17)22)26-31(29,30)28-9-7-27(8-10-28)12-13-1-2-13/h3-6,11,13,25-26H,1-2,7-10,12H2. The van der Waals surface area contributed by atoms with Crippen molar-refractivity contribution in [1.29, 1.82) is 0 Å². The fourth-order valence-corrected chi connectivity index (χ4v) is 5.18. The van der Waals surface area contributed by atoms with Gasteiger partial charge in [-0.15, -0.1) is 0 Å². The number of hydrogen-bond acceptors (Lipinski definition) is 4. The molecule has 2 aliphatic rings. The minimum Gasteiger partial charge on any atom is -0.349 e. The van der Waals surface area contributed by atoms with Crippen LogP contribution in [0.5, 0.6) is 0 Å². The smallest absolute Gasteiger partial charge is 0.301 e. The zero-order chi connectivity index (χ0) is 22.2. The Bertz CT molecular complexity index is 1070. The van der Waals surface area contributed by atoms with Crippen LogP contribution in [0.15, 0.2) is 30.3 Å². The molecule has 1 saturated heterocycles. The number of anilines is 3. The molecule has 2 N–H and O–H groups in total. The molecule has 0 spiro atoms. The lowest BCUT2D eigenvalue weighted by molar-refractivity contribution is 0.183. The van der Waals surface area contributed by atoms with E-state index in [0.717, 1.165) is 24.6 Å². The highest BCUT2D eigenvalue weighted by Crippen LogP contribution is 2.33. The van der Waals surface area contributed by atoms with Crippen LogP contribution in [0.1, 0.15) is 12.8 Å². The third kappa shape index (κ3) is 5.44. The molecule has 0 bridgehead atoms. The molecule has 1 heterocycles. The Morgan fingerprint density at radius 2 is 1.65 bits per heavy atom. The highest BCUT2D eigenvalue weighted by molar-refractivity contribution is 14.1. The average Bonchev–Trinajstić information content (AvgIpc) is 3.53. The first-order valence-electron chi connectivity index (χ1n) is 9.93. The van der Waals surface area contributed by atoms with Crippen molar-refractivity contribution in [3.63, 3.8) is 0 Å². The maximum Gasteiger partial charge on any atom is 0.301 e. The van der Waals surface area contributed by atoms with Crippen LogP contribution in [0.2, 0.25) is 0 Å². The van der Waals surface area contributed by atoms with E-state index in [4.69, 9.17) is 0 Å². The van der Waals surface area contributed by atoms with Crippen molar-refractivity contribution in [2.24, 2.45) is 5.92 Å². The fraction of sp³-hybridized carbons (Fsp3) is 0.400. The second-order valence-corrected chi connectivity index (χ2v) is 10.7. The van der Waals surface area contributed by atoms with E-state index in [9.17, 15) is 21.6 Å². The molecule has 0 amide bonds. The van der Waals surface area contributed by atoms with Crippen LogP contribution in [0.25, 0.3) is 0 Å². The molecule has 0 radical (unpaired) electrons. The minimum absolute atomic E-state index is 0.0981. The minimum atomic E-state index is -4.00. The van der Waals surface area contributed by atoms with E-state index in [1.807, 2.05) is 22.6 Å². The van der Waals surface area contributed by atoms with Crippen molar-refractivity contribution in [2.45, 2.75) is 12.8 Å². The van der Waals surface area contributed by atoms with Gasteiger partial charge in [0.2, 0.25) is 0 Å². The monoisotopic (exact) mass is 566 g/mol. The summed E-state index contributed by atoms with van der Waals surface area (Å²) < 4.78 is 72.6. The molecule has 1 aliphatic carbocycles. The molecule has 2 aromatic carbocycles. The molecule has 1 saturated carbocycles. The number of benzene rings is 2. The van der Waals surface area contributed by atoms with E-state index in [1.165, 1.54) is 29.3 Å². The van der Waals surface area contributed by atoms with Gasteiger partial charge in [-0.05, 0) is 71.7 Å². The molecule has 0 atom stereocenters. The van der Waals surface area contributed by atoms with Crippen LogP contribution in [0.3, 0.4) is 0 Å². The first-order valence-corrected chi connectivity index (χ1v) is 12.4. The van der Waals surface area contributed by atoms with Crippen LogP contribution in [0.4, 0.5) is 30.2 Å². The van der Waals surface area contributed by atoms with Crippen LogP contribution < -0.4 is 10.0 Å². The molecule has 11 heteroatoms. The third-order valence-corrected chi connectivity index (χ3v) is 7.60. The Labute approximate surface area is 193 Å². The largest absolute Gasteiger partial charge is 0.349 e. The first-order chi connectivity index (χ1) is 14.7. The molecule has 31 heavy (non-hydrogen) atoms. The van der Waals surface area contributed by atoms with Gasteiger partial charge in [-0.25, -0.2) is 13.2 Å². The van der Waals surface area contributed by atoms with Crippen molar-refractivity contribution in [3.8, 4) is 0 Å². The van der Waals surface area contributed by atoms with E-state index in [2.05, 4.69) is 14.9 Å². The summed E-state index contributed by atoms with van der Waals surface area (Å²) in [6.45, 7) is 2.84. The Kier molecular flexibility index (Phi) is 6.65. The van der Waals surface area contributed by atoms with Gasteiger partial charge >= 0.3 is 10.2 Å². The average molecular weight is 566 g/mol. The van der Waals surface area contributed by atoms with Gasteiger partial charge in [-0.1, -0.05) is 0 Å². The number of nitrogens with zero attached hydrogens (tertiary/aromatic N) is 2. The van der Waals surface area contributed by atoms with Crippen LogP contribution in [0, 0.1) is 26.9 Å². The van der Waals surface area contributed by atoms with E-state index in [-0.39, 0.29) is 11.4 Å². The molecule has 2 fully saturated rings. The van der Waals surface area contributed by atoms with E-state index >= 15 is 0 Å². The molecule has 0 unspecified atom stereocenters. The SMILES string of the molecule is O=S(=O)(Nc1ccc(F)c(F)c1Nc1ccc(I)cc1F)N1CCN(CC2CC2)CC1. The van der Waals surface area contributed by atoms with Crippen LogP contribution in [-0.4, -0.2) is 50.3 Å². The Hall–Kier alpha value is -1.57. The Morgan fingerprint density at radius 3 is 2.29 bits per heavy atom. The van der Waals surface area contributed by atoms with Crippen molar-refractivity contribution in [1.82, 2.24) is 9.21 Å². The normalized spacial score (nSPS) is 18.2. The lowest BCUT2D eigenvalue weighted by Crippen LogP contribution is -2.50. The highest BCUT2D eigenvalue weighted by atomic mass is 127. The summed E-state index contributed by atoms with van der Waals surface area (Å²) in [5, 5.41) is 2.49. The third-order valence-electron chi connectivity index (χ3n) is 5.41. The van der Waals surface area contributed by atoms with Gasteiger partial charge in [0.05, 0.1) is 11.4 Å². The second kappa shape index (κ2) is 9.12. The molecular formula is C20H22F3IN4O2S. The van der Waals surface area contributed by atoms with Crippen LogP contribution >= 0.6 is 22.6 Å². The number of halogens is 4. The zero-order valence-corrected chi connectivity index (χ0v) is 19.5. The molecule has 1 aliphatic heterocycles. The number of rotatable bonds is 7. The maximum atomic E-state index is 14.5. The summed E-state index contributed by atoms with van der Waals surface area (Å²) in [7, 11) is -4.00. The summed E-state index contributed by atoms with van der Waals surface area (Å²) in [5.41, 5.74) is -0.771. The highest BCUT2D eigenvalue weighted by Gasteiger charge is 2.31. The number of piperazine rings is 1. The van der Waals surface area contributed by atoms with Gasteiger partial charge in [-0.3, -0.25) is 4.72 Å². The van der Waals surface area contributed by atoms with Crippen molar-refractivity contribution < 1.29 is 21.6 Å². The summed E-state index contributed by atoms with van der Waals surface area (Å²) in [5.74, 6) is -2.42. The Balaban J connectivity index is 1.52. The topological polar surface area (TPSA) is 64.7 Å². The molecular weight excluding hydrogens is 544 g/mol. The van der Waals surface area contributed by atoms with E-state index in [1.54, 1.807) is 6.07 Å². The van der Waals surface area contributed by atoms with Crippen LogP contribution in [-0.2, 0) is 10.2 Å². The predicted octanol–water partition coefficient (Wildman–Crippen LogP) is 4.14. The molecule has 4 rings (SSSR count). The second-order valence-electron chi connectivity index (χ2n) is 7.78. The number of hydrogen-bond donors (Lipinski definition) is 2. The molecule has 6 nitrogen and oxygen atoms in total. The first kappa shape index (κ1) is 22.6. The summed E-state index contributed by atoms with van der Waals surface area (Å²) >= 11 is 1.92. The lowest BCUT2D eigenvalue weighted by atomic mass is 10.2. The predicted molar refractivity (Wildman–Crippen MR) is 122 cm³/mol.